The van der Waals surface area contributed by atoms with Crippen LogP contribution in [0, 0.1) is 11.7 Å². The Kier molecular flexibility index (Phi) is 3.20. The van der Waals surface area contributed by atoms with Gasteiger partial charge < -0.3 is 4.57 Å². The Morgan fingerprint density at radius 2 is 1.85 bits per heavy atom. The molecule has 0 aliphatic heterocycles. The second-order valence-electron chi connectivity index (χ2n) is 4.61. The first kappa shape index (κ1) is 12.7. The van der Waals surface area contributed by atoms with E-state index in [-0.39, 0.29) is 0 Å². The second kappa shape index (κ2) is 5.02. The van der Waals surface area contributed by atoms with Crippen molar-refractivity contribution in [2.45, 2.75) is 6.92 Å². The van der Waals surface area contributed by atoms with E-state index in [1.54, 1.807) is 0 Å². The molecule has 4 nitrogen and oxygen atoms in total. The maximum Gasteiger partial charge on any atom is 0.195 e. The number of benzene rings is 1. The Morgan fingerprint density at radius 3 is 2.45 bits per heavy atom. The largest absolute Gasteiger partial charge is 0.303 e. The molecule has 0 saturated heterocycles. The van der Waals surface area contributed by atoms with E-state index < -0.39 is 0 Å². The Balaban J connectivity index is 2.09. The third-order valence-electron chi connectivity index (χ3n) is 3.28. The van der Waals surface area contributed by atoms with Gasteiger partial charge in [0.25, 0.3) is 0 Å². The minimum absolute atomic E-state index is 0.603. The first-order valence-electron chi connectivity index (χ1n) is 6.31. The molecule has 1 aromatic carbocycles. The van der Waals surface area contributed by atoms with Crippen LogP contribution in [0.25, 0.3) is 22.6 Å². The highest BCUT2D eigenvalue weighted by molar-refractivity contribution is 7.71. The number of aryl methyl sites for hydroxylation is 1. The topological polar surface area (TPSA) is 46.5 Å². The summed E-state index contributed by atoms with van der Waals surface area (Å²) < 4.78 is 2.45. The summed E-state index contributed by atoms with van der Waals surface area (Å²) in [6, 6.07) is 14.2. The number of hydrogen-bond donors (Lipinski definition) is 1. The fraction of sp³-hybridized carbons (Fsp3) is 0.133. The van der Waals surface area contributed by atoms with Crippen LogP contribution in [-0.2, 0) is 7.05 Å². The molecule has 0 spiro atoms. The number of nitrogens with one attached hydrogen (secondary N) is 1. The number of aromatic amines is 1. The van der Waals surface area contributed by atoms with Crippen LogP contribution in [0.4, 0.5) is 0 Å². The van der Waals surface area contributed by atoms with Gasteiger partial charge in [0.1, 0.15) is 0 Å². The average Bonchev–Trinajstić information content (AvgIpc) is 2.80. The molecule has 20 heavy (non-hydrogen) atoms. The standard InChI is InChI=1S/C15H14N4S/c1-10-12(14-17-18-15(20)19(14)2)8-9-13(16-10)11-6-4-3-5-7-11/h3-9H,1-2H3,(H,18,20). The molecule has 5 heteroatoms. The van der Waals surface area contributed by atoms with Gasteiger partial charge in [0.15, 0.2) is 10.6 Å². The predicted octanol–water partition coefficient (Wildman–Crippen LogP) is 3.52. The van der Waals surface area contributed by atoms with Crippen LogP contribution in [0.15, 0.2) is 42.5 Å². The molecule has 0 radical (unpaired) electrons. The molecule has 3 rings (SSSR count). The number of nitrogens with zero attached hydrogens (tertiary/aromatic N) is 3. The van der Waals surface area contributed by atoms with Crippen LogP contribution < -0.4 is 0 Å². The summed E-state index contributed by atoms with van der Waals surface area (Å²) in [5, 5.41) is 7.05. The number of H-pyrrole nitrogens is 1. The molecular weight excluding hydrogens is 268 g/mol. The SMILES string of the molecule is Cc1nc(-c2ccccc2)ccc1-c1n[nH]c(=S)n1C. The van der Waals surface area contributed by atoms with E-state index in [1.807, 2.05) is 48.9 Å². The fourth-order valence-electron chi connectivity index (χ4n) is 2.15. The molecule has 2 aromatic heterocycles. The highest BCUT2D eigenvalue weighted by Crippen LogP contribution is 2.24. The van der Waals surface area contributed by atoms with Crippen molar-refractivity contribution in [2.24, 2.45) is 7.05 Å². The van der Waals surface area contributed by atoms with Gasteiger partial charge >= 0.3 is 0 Å². The predicted molar refractivity (Wildman–Crippen MR) is 81.8 cm³/mol. The van der Waals surface area contributed by atoms with Gasteiger partial charge in [0.05, 0.1) is 5.69 Å². The Hall–Kier alpha value is -2.27. The maximum atomic E-state index is 5.14. The normalized spacial score (nSPS) is 10.7. The molecule has 0 atom stereocenters. The lowest BCUT2D eigenvalue weighted by atomic mass is 10.1. The molecule has 0 unspecified atom stereocenters. The molecule has 0 saturated carbocycles. The lowest BCUT2D eigenvalue weighted by Gasteiger charge is -2.07. The van der Waals surface area contributed by atoms with E-state index in [2.05, 4.69) is 27.3 Å². The molecular formula is C15H14N4S. The zero-order chi connectivity index (χ0) is 14.1. The van der Waals surface area contributed by atoms with Crippen molar-refractivity contribution in [1.29, 1.82) is 0 Å². The van der Waals surface area contributed by atoms with Crippen molar-refractivity contribution in [1.82, 2.24) is 19.7 Å². The average molecular weight is 282 g/mol. The van der Waals surface area contributed by atoms with Crippen LogP contribution in [0.3, 0.4) is 0 Å². The summed E-state index contributed by atoms with van der Waals surface area (Å²) in [6.07, 6.45) is 0. The van der Waals surface area contributed by atoms with Crippen molar-refractivity contribution in [3.8, 4) is 22.6 Å². The van der Waals surface area contributed by atoms with Crippen LogP contribution in [0.5, 0.6) is 0 Å². The second-order valence-corrected chi connectivity index (χ2v) is 4.99. The van der Waals surface area contributed by atoms with Gasteiger partial charge in [-0.25, -0.2) is 0 Å². The summed E-state index contributed by atoms with van der Waals surface area (Å²) in [4.78, 5) is 4.67. The molecule has 0 bridgehead atoms. The lowest BCUT2D eigenvalue weighted by Crippen LogP contribution is -1.97. The van der Waals surface area contributed by atoms with E-state index in [0.29, 0.717) is 4.77 Å². The molecule has 2 heterocycles. The number of aromatic nitrogens is 4. The summed E-state index contributed by atoms with van der Waals surface area (Å²) in [7, 11) is 1.89. The third kappa shape index (κ3) is 2.16. The molecule has 0 aliphatic carbocycles. The van der Waals surface area contributed by atoms with Crippen molar-refractivity contribution in [2.75, 3.05) is 0 Å². The molecule has 0 amide bonds. The molecule has 3 aromatic rings. The lowest BCUT2D eigenvalue weighted by molar-refractivity contribution is 0.899. The van der Waals surface area contributed by atoms with Gasteiger partial charge in [-0.05, 0) is 31.3 Å². The molecule has 0 aliphatic rings. The molecule has 0 fully saturated rings. The van der Waals surface area contributed by atoms with Gasteiger partial charge in [-0.15, -0.1) is 0 Å². The van der Waals surface area contributed by atoms with Gasteiger partial charge in [-0.2, -0.15) is 5.10 Å². The quantitative estimate of drug-likeness (QED) is 0.732. The van der Waals surface area contributed by atoms with E-state index in [0.717, 1.165) is 28.3 Å². The van der Waals surface area contributed by atoms with Gasteiger partial charge in [0, 0.05) is 23.9 Å². The molecule has 100 valence electrons. The first-order chi connectivity index (χ1) is 9.66. The van der Waals surface area contributed by atoms with E-state index in [4.69, 9.17) is 12.2 Å². The van der Waals surface area contributed by atoms with Gasteiger partial charge in [-0.1, -0.05) is 30.3 Å². The van der Waals surface area contributed by atoms with Gasteiger partial charge in [-0.3, -0.25) is 10.1 Å². The van der Waals surface area contributed by atoms with Crippen LogP contribution in [0.2, 0.25) is 0 Å². The smallest absolute Gasteiger partial charge is 0.195 e. The fourth-order valence-corrected chi connectivity index (χ4v) is 2.29. The Bertz CT molecular complexity index is 802. The summed E-state index contributed by atoms with van der Waals surface area (Å²) in [6.45, 7) is 1.99. The first-order valence-corrected chi connectivity index (χ1v) is 6.72. The number of rotatable bonds is 2. The highest BCUT2D eigenvalue weighted by Gasteiger charge is 2.10. The monoisotopic (exact) mass is 282 g/mol. The minimum atomic E-state index is 0.603. The maximum absolute atomic E-state index is 5.14. The highest BCUT2D eigenvalue weighted by atomic mass is 32.1. The zero-order valence-corrected chi connectivity index (χ0v) is 12.1. The van der Waals surface area contributed by atoms with Crippen LogP contribution in [0.1, 0.15) is 5.69 Å². The number of hydrogen-bond acceptors (Lipinski definition) is 3. The summed E-state index contributed by atoms with van der Waals surface area (Å²) in [5.41, 5.74) is 3.99. The zero-order valence-electron chi connectivity index (χ0n) is 11.3. The summed E-state index contributed by atoms with van der Waals surface area (Å²) in [5.74, 6) is 0.805. The van der Waals surface area contributed by atoms with Crippen molar-refractivity contribution >= 4 is 12.2 Å². The van der Waals surface area contributed by atoms with E-state index in [1.165, 1.54) is 0 Å². The van der Waals surface area contributed by atoms with Crippen molar-refractivity contribution in [3.05, 3.63) is 52.9 Å². The van der Waals surface area contributed by atoms with Crippen molar-refractivity contribution < 1.29 is 0 Å². The van der Waals surface area contributed by atoms with Crippen LogP contribution >= 0.6 is 12.2 Å². The van der Waals surface area contributed by atoms with Crippen LogP contribution in [-0.4, -0.2) is 19.7 Å². The Morgan fingerprint density at radius 1 is 1.10 bits per heavy atom. The number of pyridine rings is 1. The van der Waals surface area contributed by atoms with E-state index >= 15 is 0 Å². The summed E-state index contributed by atoms with van der Waals surface area (Å²) >= 11 is 5.14. The Labute approximate surface area is 122 Å². The third-order valence-corrected chi connectivity index (χ3v) is 3.64. The van der Waals surface area contributed by atoms with E-state index in [9.17, 15) is 0 Å². The van der Waals surface area contributed by atoms with Gasteiger partial charge in [0.2, 0.25) is 0 Å². The van der Waals surface area contributed by atoms with Crippen molar-refractivity contribution in [3.63, 3.8) is 0 Å². The minimum Gasteiger partial charge on any atom is -0.303 e. The molecule has 1 N–H and O–H groups in total.